The first-order chi connectivity index (χ1) is 13.7. The molecule has 0 spiro atoms. The van der Waals surface area contributed by atoms with Gasteiger partial charge >= 0.3 is 0 Å². The number of aromatic nitrogens is 2. The summed E-state index contributed by atoms with van der Waals surface area (Å²) in [6.07, 6.45) is 0. The molecule has 0 unspecified atom stereocenters. The number of benzene rings is 3. The van der Waals surface area contributed by atoms with Gasteiger partial charge in [-0.25, -0.2) is 4.98 Å². The third-order valence-corrected chi connectivity index (χ3v) is 5.07. The highest BCUT2D eigenvalue weighted by atomic mass is 16.1. The van der Waals surface area contributed by atoms with Crippen LogP contribution in [0.1, 0.15) is 26.3 Å². The Kier molecular flexibility index (Phi) is 3.79. The summed E-state index contributed by atoms with van der Waals surface area (Å²) < 4.78 is 2.08. The summed E-state index contributed by atoms with van der Waals surface area (Å²) in [4.78, 5) is 29.7. The van der Waals surface area contributed by atoms with E-state index in [0.717, 1.165) is 22.4 Å². The van der Waals surface area contributed by atoms with Gasteiger partial charge in [-0.1, -0.05) is 60.7 Å². The van der Waals surface area contributed by atoms with Gasteiger partial charge < -0.3 is 9.88 Å². The van der Waals surface area contributed by atoms with Crippen LogP contribution in [-0.2, 0) is 6.54 Å². The van der Waals surface area contributed by atoms with E-state index in [9.17, 15) is 9.59 Å². The smallest absolute Gasteiger partial charge is 0.253 e. The molecule has 2 heterocycles. The molecule has 0 atom stereocenters. The maximum absolute atomic E-state index is 12.6. The number of nitrogens with zero attached hydrogens (tertiary/aromatic N) is 2. The van der Waals surface area contributed by atoms with Crippen molar-refractivity contribution in [3.8, 4) is 11.4 Å². The van der Waals surface area contributed by atoms with Crippen molar-refractivity contribution in [3.05, 3.63) is 89.5 Å². The monoisotopic (exact) mass is 367 g/mol. The number of nitrogens with one attached hydrogen (secondary N) is 1. The second kappa shape index (κ2) is 6.46. The quantitative estimate of drug-likeness (QED) is 0.562. The molecule has 5 rings (SSSR count). The van der Waals surface area contributed by atoms with E-state index in [0.29, 0.717) is 29.8 Å². The van der Waals surface area contributed by atoms with Gasteiger partial charge in [0.15, 0.2) is 5.78 Å². The Hall–Kier alpha value is -3.73. The van der Waals surface area contributed by atoms with Gasteiger partial charge in [-0.05, 0) is 12.1 Å². The molecular formula is C23H17N3O2. The van der Waals surface area contributed by atoms with Crippen molar-refractivity contribution in [1.82, 2.24) is 14.9 Å². The number of ketones is 1. The fraction of sp³-hybridized carbons (Fsp3) is 0.0870. The van der Waals surface area contributed by atoms with Crippen molar-refractivity contribution in [2.75, 3.05) is 6.54 Å². The molecule has 0 bridgehead atoms. The maximum Gasteiger partial charge on any atom is 0.253 e. The number of amides is 1. The molecule has 4 aromatic rings. The van der Waals surface area contributed by atoms with Gasteiger partial charge in [0.2, 0.25) is 0 Å². The summed E-state index contributed by atoms with van der Waals surface area (Å²) in [5.41, 5.74) is 4.53. The van der Waals surface area contributed by atoms with E-state index >= 15 is 0 Å². The molecule has 3 aromatic carbocycles. The third-order valence-electron chi connectivity index (χ3n) is 5.07. The van der Waals surface area contributed by atoms with Gasteiger partial charge in [0, 0.05) is 29.8 Å². The van der Waals surface area contributed by atoms with Crippen LogP contribution in [0.25, 0.3) is 22.4 Å². The van der Waals surface area contributed by atoms with Gasteiger partial charge in [-0.15, -0.1) is 0 Å². The topological polar surface area (TPSA) is 64.0 Å². The zero-order valence-corrected chi connectivity index (χ0v) is 15.1. The number of para-hydroxylation sites is 1. The Labute approximate surface area is 161 Å². The predicted molar refractivity (Wildman–Crippen MR) is 107 cm³/mol. The minimum absolute atomic E-state index is 0.00403. The highest BCUT2D eigenvalue weighted by Gasteiger charge is 2.21. The fourth-order valence-corrected chi connectivity index (χ4v) is 3.71. The molecule has 136 valence electrons. The van der Waals surface area contributed by atoms with Crippen molar-refractivity contribution in [3.63, 3.8) is 0 Å². The molecule has 0 radical (unpaired) electrons. The van der Waals surface area contributed by atoms with Crippen LogP contribution in [0.5, 0.6) is 0 Å². The van der Waals surface area contributed by atoms with Crippen molar-refractivity contribution >= 4 is 22.7 Å². The minimum atomic E-state index is -0.0698. The molecule has 1 aliphatic heterocycles. The van der Waals surface area contributed by atoms with Gasteiger partial charge in [-0.2, -0.15) is 0 Å². The van der Waals surface area contributed by atoms with Crippen LogP contribution in [0.4, 0.5) is 0 Å². The lowest BCUT2D eigenvalue weighted by Crippen LogP contribution is -2.24. The Morgan fingerprint density at radius 2 is 1.64 bits per heavy atom. The van der Waals surface area contributed by atoms with E-state index in [2.05, 4.69) is 9.88 Å². The first-order valence-electron chi connectivity index (χ1n) is 9.20. The summed E-state index contributed by atoms with van der Waals surface area (Å²) in [6, 6.07) is 22.3. The zero-order valence-electron chi connectivity index (χ0n) is 15.1. The number of hydrogen-bond donors (Lipinski definition) is 1. The van der Waals surface area contributed by atoms with Crippen LogP contribution >= 0.6 is 0 Å². The minimum Gasteiger partial charge on any atom is -0.350 e. The molecule has 1 aliphatic rings. The van der Waals surface area contributed by atoms with E-state index in [1.54, 1.807) is 0 Å². The van der Waals surface area contributed by atoms with E-state index in [4.69, 9.17) is 4.98 Å². The Balaban J connectivity index is 1.58. The van der Waals surface area contributed by atoms with Gasteiger partial charge in [-0.3, -0.25) is 9.59 Å². The highest BCUT2D eigenvalue weighted by molar-refractivity contribution is 6.09. The number of carbonyl (C=O) groups is 2. The van der Waals surface area contributed by atoms with E-state index < -0.39 is 0 Å². The van der Waals surface area contributed by atoms with Crippen LogP contribution in [0.2, 0.25) is 0 Å². The first-order valence-corrected chi connectivity index (χ1v) is 9.20. The highest BCUT2D eigenvalue weighted by Crippen LogP contribution is 2.28. The molecule has 5 heteroatoms. The largest absolute Gasteiger partial charge is 0.350 e. The number of imidazole rings is 1. The Morgan fingerprint density at radius 3 is 2.43 bits per heavy atom. The molecule has 0 saturated heterocycles. The van der Waals surface area contributed by atoms with Crippen molar-refractivity contribution < 1.29 is 9.59 Å². The average molecular weight is 367 g/mol. The van der Waals surface area contributed by atoms with Crippen LogP contribution in [0.3, 0.4) is 0 Å². The Morgan fingerprint density at radius 1 is 0.893 bits per heavy atom. The SMILES string of the molecule is O=C(c1ccccc1)c1ccc(-c2nc3cccc4c3n2CCNC4=O)cc1. The van der Waals surface area contributed by atoms with E-state index in [1.807, 2.05) is 72.8 Å². The third kappa shape index (κ3) is 2.60. The molecule has 5 nitrogen and oxygen atoms in total. The summed E-state index contributed by atoms with van der Waals surface area (Å²) in [6.45, 7) is 1.20. The molecule has 28 heavy (non-hydrogen) atoms. The van der Waals surface area contributed by atoms with Gasteiger partial charge in [0.05, 0.1) is 16.6 Å². The lowest BCUT2D eigenvalue weighted by atomic mass is 10.0. The second-order valence-electron chi connectivity index (χ2n) is 6.79. The first kappa shape index (κ1) is 16.4. The number of hydrogen-bond acceptors (Lipinski definition) is 3. The maximum atomic E-state index is 12.6. The normalized spacial score (nSPS) is 13.2. The van der Waals surface area contributed by atoms with Gasteiger partial charge in [0.25, 0.3) is 5.91 Å². The van der Waals surface area contributed by atoms with Crippen molar-refractivity contribution in [1.29, 1.82) is 0 Å². The number of rotatable bonds is 3. The predicted octanol–water partition coefficient (Wildman–Crippen LogP) is 3.68. The fourth-order valence-electron chi connectivity index (χ4n) is 3.71. The molecule has 1 amide bonds. The van der Waals surface area contributed by atoms with Crippen LogP contribution in [0, 0.1) is 0 Å². The Bertz CT molecular complexity index is 1210. The molecule has 1 aromatic heterocycles. The molecule has 0 fully saturated rings. The lowest BCUT2D eigenvalue weighted by molar-refractivity contribution is 0.0956. The second-order valence-corrected chi connectivity index (χ2v) is 6.79. The molecule has 0 aliphatic carbocycles. The van der Waals surface area contributed by atoms with Crippen LogP contribution in [-0.4, -0.2) is 27.8 Å². The zero-order chi connectivity index (χ0) is 19.1. The van der Waals surface area contributed by atoms with Gasteiger partial charge in [0.1, 0.15) is 5.82 Å². The van der Waals surface area contributed by atoms with Crippen LogP contribution in [0.15, 0.2) is 72.8 Å². The molecule has 1 N–H and O–H groups in total. The van der Waals surface area contributed by atoms with Crippen molar-refractivity contribution in [2.24, 2.45) is 0 Å². The standard InChI is InChI=1S/C23H17N3O2/c27-21(15-5-2-1-3-6-15)16-9-11-17(12-10-16)22-25-19-8-4-7-18-20(19)26(22)14-13-24-23(18)28/h1-12H,13-14H2,(H,24,28). The van der Waals surface area contributed by atoms with Crippen molar-refractivity contribution in [2.45, 2.75) is 6.54 Å². The summed E-state index contributed by atoms with van der Waals surface area (Å²) >= 11 is 0. The summed E-state index contributed by atoms with van der Waals surface area (Å²) in [7, 11) is 0. The summed E-state index contributed by atoms with van der Waals surface area (Å²) in [5, 5.41) is 2.93. The van der Waals surface area contributed by atoms with E-state index in [1.165, 1.54) is 0 Å². The number of carbonyl (C=O) groups excluding carboxylic acids is 2. The average Bonchev–Trinajstić information content (AvgIpc) is 3.03. The van der Waals surface area contributed by atoms with Crippen LogP contribution < -0.4 is 5.32 Å². The molecular weight excluding hydrogens is 350 g/mol. The summed E-state index contributed by atoms with van der Waals surface area (Å²) in [5.74, 6) is 0.730. The lowest BCUT2D eigenvalue weighted by Gasteiger charge is -2.08. The van der Waals surface area contributed by atoms with E-state index in [-0.39, 0.29) is 11.7 Å². The molecule has 0 saturated carbocycles.